The summed E-state index contributed by atoms with van der Waals surface area (Å²) >= 11 is 6.89. The number of carbonyl (C=O) groups excluding carboxylic acids is 1. The maximum absolute atomic E-state index is 13.2. The predicted molar refractivity (Wildman–Crippen MR) is 148 cm³/mol. The minimum atomic E-state index is -0.426. The first-order valence-electron chi connectivity index (χ1n) is 11.5. The summed E-state index contributed by atoms with van der Waals surface area (Å²) in [7, 11) is 0. The minimum Gasteiger partial charge on any atom is -0.361 e. The Morgan fingerprint density at radius 1 is 0.973 bits per heavy atom. The van der Waals surface area contributed by atoms with Crippen LogP contribution in [0.15, 0.2) is 79.3 Å². The molecule has 0 bridgehead atoms. The summed E-state index contributed by atoms with van der Waals surface area (Å²) in [5.41, 5.74) is 6.61. The van der Waals surface area contributed by atoms with E-state index in [1.54, 1.807) is 36.8 Å². The fraction of sp³-hybridized carbons (Fsp3) is 0.0690. The van der Waals surface area contributed by atoms with Gasteiger partial charge in [0.05, 0.1) is 16.2 Å². The number of hydrogen-bond acceptors (Lipinski definition) is 5. The van der Waals surface area contributed by atoms with Crippen molar-refractivity contribution in [2.75, 3.05) is 10.6 Å². The van der Waals surface area contributed by atoms with Crippen LogP contribution in [0.2, 0.25) is 5.02 Å². The molecule has 2 aromatic carbocycles. The van der Waals surface area contributed by atoms with Gasteiger partial charge in [0, 0.05) is 34.7 Å². The molecule has 180 valence electrons. The Bertz CT molecular complexity index is 1680. The molecule has 1 amide bonds. The minimum absolute atomic E-state index is 0.106. The number of carbonyl (C=O) groups is 1. The second kappa shape index (κ2) is 10.1. The fourth-order valence-electron chi connectivity index (χ4n) is 3.95. The van der Waals surface area contributed by atoms with Crippen LogP contribution in [-0.4, -0.2) is 20.9 Å². The molecule has 0 spiro atoms. The van der Waals surface area contributed by atoms with Gasteiger partial charge in [0.15, 0.2) is 0 Å². The molecule has 3 aromatic heterocycles. The van der Waals surface area contributed by atoms with Crippen molar-refractivity contribution in [1.29, 1.82) is 0 Å². The second-order valence-corrected chi connectivity index (χ2v) is 8.91. The van der Waals surface area contributed by atoms with Crippen molar-refractivity contribution in [1.82, 2.24) is 15.0 Å². The fourth-order valence-corrected chi connectivity index (χ4v) is 4.22. The molecule has 2 N–H and O–H groups in total. The molecule has 0 saturated heterocycles. The van der Waals surface area contributed by atoms with E-state index >= 15 is 0 Å². The van der Waals surface area contributed by atoms with Crippen LogP contribution in [0.3, 0.4) is 0 Å². The number of benzene rings is 2. The van der Waals surface area contributed by atoms with Gasteiger partial charge in [0.2, 0.25) is 0 Å². The van der Waals surface area contributed by atoms with Crippen molar-refractivity contribution in [2.45, 2.75) is 13.8 Å². The third kappa shape index (κ3) is 4.96. The summed E-state index contributed by atoms with van der Waals surface area (Å²) < 4.78 is 0. The molecular weight excluding hydrogens is 484 g/mol. The molecule has 0 unspecified atom stereocenters. The van der Waals surface area contributed by atoms with Crippen LogP contribution in [0.5, 0.6) is 0 Å². The van der Waals surface area contributed by atoms with Gasteiger partial charge < -0.3 is 15.5 Å². The van der Waals surface area contributed by atoms with Gasteiger partial charge in [-0.2, -0.15) is 0 Å². The quantitative estimate of drug-likeness (QED) is 0.242. The second-order valence-electron chi connectivity index (χ2n) is 8.53. The highest BCUT2D eigenvalue weighted by Gasteiger charge is 2.21. The number of nitrogens with zero attached hydrogens (tertiary/aromatic N) is 4. The molecule has 5 rings (SSSR count). The van der Waals surface area contributed by atoms with Gasteiger partial charge in [-0.05, 0) is 66.9 Å². The molecule has 0 saturated carbocycles. The smallest absolute Gasteiger partial charge is 0.275 e. The van der Waals surface area contributed by atoms with Crippen LogP contribution in [0.25, 0.3) is 26.9 Å². The molecule has 7 nitrogen and oxygen atoms in total. The van der Waals surface area contributed by atoms with E-state index in [-0.39, 0.29) is 10.7 Å². The van der Waals surface area contributed by atoms with Gasteiger partial charge >= 0.3 is 0 Å². The first-order chi connectivity index (χ1) is 17.9. The van der Waals surface area contributed by atoms with Gasteiger partial charge in [-0.3, -0.25) is 9.78 Å². The zero-order valence-corrected chi connectivity index (χ0v) is 20.8. The van der Waals surface area contributed by atoms with Gasteiger partial charge in [-0.15, -0.1) is 4.98 Å². The van der Waals surface area contributed by atoms with E-state index in [0.717, 1.165) is 33.3 Å². The lowest BCUT2D eigenvalue weighted by atomic mass is 10.0. The van der Waals surface area contributed by atoms with E-state index in [2.05, 4.69) is 30.4 Å². The topological polar surface area (TPSA) is 84.2 Å². The summed E-state index contributed by atoms with van der Waals surface area (Å²) in [4.78, 5) is 29.4. The molecule has 8 heteroatoms. The average Bonchev–Trinajstić information content (AvgIpc) is 2.92. The number of fused-ring (bicyclic) bond motifs is 1. The highest BCUT2D eigenvalue weighted by Crippen LogP contribution is 2.38. The zero-order chi connectivity index (χ0) is 25.9. The van der Waals surface area contributed by atoms with Crippen molar-refractivity contribution in [2.24, 2.45) is 0 Å². The van der Waals surface area contributed by atoms with Crippen LogP contribution < -0.4 is 10.6 Å². The predicted octanol–water partition coefficient (Wildman–Crippen LogP) is 7.51. The van der Waals surface area contributed by atoms with Gasteiger partial charge in [0.1, 0.15) is 11.9 Å². The van der Waals surface area contributed by atoms with Crippen molar-refractivity contribution in [3.8, 4) is 11.1 Å². The monoisotopic (exact) mass is 504 g/mol. The number of halogens is 1. The maximum atomic E-state index is 13.2. The van der Waals surface area contributed by atoms with Crippen LogP contribution in [0, 0.1) is 20.4 Å². The number of nitrogens with one attached hydrogen (secondary N) is 2. The number of aromatic nitrogens is 3. The summed E-state index contributed by atoms with van der Waals surface area (Å²) in [6.45, 7) is 11.2. The molecule has 5 aromatic rings. The Balaban J connectivity index is 1.66. The lowest BCUT2D eigenvalue weighted by Gasteiger charge is -2.17. The molecule has 0 aliphatic carbocycles. The van der Waals surface area contributed by atoms with E-state index in [4.69, 9.17) is 18.2 Å². The number of pyridine rings is 3. The normalized spacial score (nSPS) is 10.6. The van der Waals surface area contributed by atoms with E-state index in [1.165, 1.54) is 0 Å². The van der Waals surface area contributed by atoms with E-state index < -0.39 is 5.91 Å². The Kier molecular flexibility index (Phi) is 6.50. The maximum Gasteiger partial charge on any atom is 0.275 e. The molecule has 37 heavy (non-hydrogen) atoms. The largest absolute Gasteiger partial charge is 0.361 e. The number of rotatable bonds is 5. The highest BCUT2D eigenvalue weighted by molar-refractivity contribution is 6.38. The van der Waals surface area contributed by atoms with Crippen molar-refractivity contribution in [3.63, 3.8) is 0 Å². The molecule has 0 atom stereocenters. The summed E-state index contributed by atoms with van der Waals surface area (Å²) in [6.07, 6.45) is 4.86. The number of amides is 1. The number of anilines is 3. The Labute approximate surface area is 219 Å². The summed E-state index contributed by atoms with van der Waals surface area (Å²) in [5, 5.41) is 7.26. The summed E-state index contributed by atoms with van der Waals surface area (Å²) in [5.74, 6) is -0.0958. The lowest BCUT2D eigenvalue weighted by molar-refractivity contribution is 0.102. The van der Waals surface area contributed by atoms with Crippen LogP contribution in [0.1, 0.15) is 21.6 Å². The van der Waals surface area contributed by atoms with Crippen LogP contribution >= 0.6 is 11.6 Å². The standard InChI is InChI=1S/C29H21ClN6O/c1-17-4-5-18(2)24(14-17)36-27-22-15-19(20-7-9-25(31-3)33-16-20)6-8-23(22)35-28(26(27)30)29(37)34-21-10-12-32-13-11-21/h4-16H,1-2H3,(H,35,36)(H,32,34,37). The van der Waals surface area contributed by atoms with E-state index in [9.17, 15) is 4.79 Å². The molecule has 3 heterocycles. The summed E-state index contributed by atoms with van der Waals surface area (Å²) in [6, 6.07) is 18.7. The molecule has 0 aliphatic heterocycles. The molecule has 0 fully saturated rings. The zero-order valence-electron chi connectivity index (χ0n) is 20.1. The van der Waals surface area contributed by atoms with Crippen molar-refractivity contribution >= 4 is 51.3 Å². The third-order valence-corrected chi connectivity index (χ3v) is 6.30. The van der Waals surface area contributed by atoms with Crippen LogP contribution in [0.4, 0.5) is 22.9 Å². The van der Waals surface area contributed by atoms with E-state index in [1.807, 2.05) is 56.3 Å². The third-order valence-electron chi connectivity index (χ3n) is 5.93. The van der Waals surface area contributed by atoms with Gasteiger partial charge in [-0.25, -0.2) is 4.98 Å². The van der Waals surface area contributed by atoms with E-state index in [0.29, 0.717) is 22.7 Å². The SMILES string of the molecule is [C-]#[N+]c1ccc(-c2ccc3nc(C(=O)Nc4ccncc4)c(Cl)c(Nc4cc(C)ccc4C)c3c2)cn1. The first-order valence-corrected chi connectivity index (χ1v) is 11.8. The Hall–Kier alpha value is -4.80. The Morgan fingerprint density at radius 3 is 2.49 bits per heavy atom. The first kappa shape index (κ1) is 23.9. The van der Waals surface area contributed by atoms with Crippen molar-refractivity contribution in [3.05, 3.63) is 113 Å². The Morgan fingerprint density at radius 2 is 1.76 bits per heavy atom. The van der Waals surface area contributed by atoms with Gasteiger partial charge in [-0.1, -0.05) is 42.4 Å². The molecule has 0 aliphatic rings. The van der Waals surface area contributed by atoms with Gasteiger partial charge in [0.25, 0.3) is 11.7 Å². The average molecular weight is 505 g/mol. The molecular formula is C29H21ClN6O. The highest BCUT2D eigenvalue weighted by atomic mass is 35.5. The number of hydrogen-bond donors (Lipinski definition) is 2. The molecule has 0 radical (unpaired) electrons. The van der Waals surface area contributed by atoms with Crippen molar-refractivity contribution < 1.29 is 4.79 Å². The lowest BCUT2D eigenvalue weighted by Crippen LogP contribution is -2.15. The number of aryl methyl sites for hydroxylation is 2. The van der Waals surface area contributed by atoms with Crippen LogP contribution in [-0.2, 0) is 0 Å².